The summed E-state index contributed by atoms with van der Waals surface area (Å²) in [5, 5.41) is 16.9. The number of halogens is 1. The summed E-state index contributed by atoms with van der Waals surface area (Å²) >= 11 is 6.09. The number of hydrogen-bond donors (Lipinski definition) is 2. The molecule has 0 radical (unpaired) electrons. The Morgan fingerprint density at radius 3 is 2.52 bits per heavy atom. The molecule has 8 nitrogen and oxygen atoms in total. The fourth-order valence-corrected chi connectivity index (χ4v) is 5.23. The van der Waals surface area contributed by atoms with Crippen LogP contribution in [-0.2, 0) is 26.0 Å². The molecule has 1 aliphatic rings. The highest BCUT2D eigenvalue weighted by atomic mass is 35.5. The molecule has 0 aromatic heterocycles. The zero-order valence-corrected chi connectivity index (χ0v) is 16.8. The molecule has 2 N–H and O–H groups in total. The molecule has 0 bridgehead atoms. The third kappa shape index (κ3) is 4.88. The number of hydrogen-bond acceptors (Lipinski definition) is 7. The Balaban J connectivity index is 1.75. The lowest BCUT2D eigenvalue weighted by Gasteiger charge is -2.30. The molecule has 0 spiro atoms. The summed E-state index contributed by atoms with van der Waals surface area (Å²) in [5.74, 6) is -1.88. The minimum Gasteiger partial charge on any atom is -0.489 e. The van der Waals surface area contributed by atoms with E-state index < -0.39 is 32.1 Å². The fraction of sp³-hybridized carbons (Fsp3) is 0.316. The van der Waals surface area contributed by atoms with Crippen LogP contribution in [0.15, 0.2) is 53.4 Å². The van der Waals surface area contributed by atoms with Gasteiger partial charge >= 0.3 is 0 Å². The first-order valence-electron chi connectivity index (χ1n) is 8.80. The highest BCUT2D eigenvalue weighted by molar-refractivity contribution is 7.92. The number of rotatable bonds is 6. The van der Waals surface area contributed by atoms with Crippen LogP contribution in [0.2, 0.25) is 5.02 Å². The molecule has 1 aliphatic heterocycles. The molecule has 2 unspecified atom stereocenters. The normalized spacial score (nSPS) is 19.6. The van der Waals surface area contributed by atoms with Crippen LogP contribution >= 0.6 is 11.6 Å². The lowest BCUT2D eigenvalue weighted by atomic mass is 10.0. The molecule has 3 rings (SSSR count). The first kappa shape index (κ1) is 21.5. The predicted molar refractivity (Wildman–Crippen MR) is 103 cm³/mol. The maximum atomic E-state index is 13.0. The fourth-order valence-electron chi connectivity index (χ4n) is 3.15. The van der Waals surface area contributed by atoms with E-state index in [1.807, 2.05) is 18.2 Å². The Labute approximate surface area is 173 Å². The molecular formula is C19H20ClNO7S. The smallest absolute Gasteiger partial charge is 0.279 e. The maximum Gasteiger partial charge on any atom is 0.279 e. The van der Waals surface area contributed by atoms with E-state index in [1.54, 1.807) is 6.07 Å². The number of ether oxygens (including phenoxy) is 2. The Hall–Kier alpha value is -2.17. The summed E-state index contributed by atoms with van der Waals surface area (Å²) in [6.45, 7) is 0.175. The van der Waals surface area contributed by atoms with E-state index in [9.17, 15) is 13.2 Å². The Morgan fingerprint density at radius 1 is 1.17 bits per heavy atom. The van der Waals surface area contributed by atoms with E-state index in [4.69, 9.17) is 31.5 Å². The predicted octanol–water partition coefficient (Wildman–Crippen LogP) is 2.70. The number of hydroxylamine groups is 2. The Bertz CT molecular complexity index is 963. The van der Waals surface area contributed by atoms with Gasteiger partial charge in [0.1, 0.15) is 12.4 Å². The lowest BCUT2D eigenvalue weighted by molar-refractivity contribution is -0.289. The van der Waals surface area contributed by atoms with E-state index in [-0.39, 0.29) is 31.1 Å². The van der Waals surface area contributed by atoms with Crippen molar-refractivity contribution < 1.29 is 33.1 Å². The molecule has 2 aromatic rings. The lowest BCUT2D eigenvalue weighted by Crippen LogP contribution is -2.46. The molecule has 0 aliphatic carbocycles. The molecule has 2 atom stereocenters. The van der Waals surface area contributed by atoms with Crippen molar-refractivity contribution in [2.75, 3.05) is 13.2 Å². The van der Waals surface area contributed by atoms with Gasteiger partial charge in [0.25, 0.3) is 5.91 Å². The number of benzene rings is 2. The molecule has 29 heavy (non-hydrogen) atoms. The van der Waals surface area contributed by atoms with Crippen LogP contribution in [0.3, 0.4) is 0 Å². The third-order valence-electron chi connectivity index (χ3n) is 4.71. The third-order valence-corrected chi connectivity index (χ3v) is 7.37. The van der Waals surface area contributed by atoms with Crippen molar-refractivity contribution in [3.05, 3.63) is 59.1 Å². The number of nitrogens with zero attached hydrogens (tertiary/aromatic N) is 1. The summed E-state index contributed by atoms with van der Waals surface area (Å²) in [6, 6.07) is 13.1. The Morgan fingerprint density at radius 2 is 1.86 bits per heavy atom. The van der Waals surface area contributed by atoms with Gasteiger partial charge < -0.3 is 9.47 Å². The van der Waals surface area contributed by atoms with E-state index in [1.165, 1.54) is 24.3 Å². The van der Waals surface area contributed by atoms with E-state index >= 15 is 0 Å². The van der Waals surface area contributed by atoms with Crippen molar-refractivity contribution in [2.45, 2.75) is 23.2 Å². The van der Waals surface area contributed by atoms with Gasteiger partial charge in [-0.15, -0.1) is 0 Å². The van der Waals surface area contributed by atoms with E-state index in [2.05, 4.69) is 0 Å². The van der Waals surface area contributed by atoms with Crippen molar-refractivity contribution in [3.63, 3.8) is 0 Å². The molecule has 1 fully saturated rings. The van der Waals surface area contributed by atoms with Crippen LogP contribution in [-0.4, -0.2) is 48.4 Å². The summed E-state index contributed by atoms with van der Waals surface area (Å²) < 4.78 is 36.8. The second-order valence-corrected chi connectivity index (χ2v) is 9.11. The Kier molecular flexibility index (Phi) is 6.76. The van der Waals surface area contributed by atoms with Crippen LogP contribution in [0.25, 0.3) is 0 Å². The highest BCUT2D eigenvalue weighted by Gasteiger charge is 2.42. The minimum absolute atomic E-state index is 0.00900. The molecule has 1 amide bonds. The van der Waals surface area contributed by atoms with Crippen LogP contribution in [0.5, 0.6) is 5.75 Å². The topological polar surface area (TPSA) is 113 Å². The van der Waals surface area contributed by atoms with Crippen LogP contribution in [0, 0.1) is 5.92 Å². The quantitative estimate of drug-likeness (QED) is 0.523. The second kappa shape index (κ2) is 9.10. The average molecular weight is 442 g/mol. The van der Waals surface area contributed by atoms with E-state index in [0.717, 1.165) is 5.56 Å². The molecule has 10 heteroatoms. The molecule has 156 valence electrons. The summed E-state index contributed by atoms with van der Waals surface area (Å²) in [7, 11) is -3.91. The zero-order chi connectivity index (χ0) is 21.0. The van der Waals surface area contributed by atoms with Gasteiger partial charge in [-0.25, -0.2) is 8.42 Å². The molecule has 1 heterocycles. The largest absolute Gasteiger partial charge is 0.489 e. The zero-order valence-electron chi connectivity index (χ0n) is 15.3. The maximum absolute atomic E-state index is 13.0. The van der Waals surface area contributed by atoms with Crippen LogP contribution in [0.4, 0.5) is 0 Å². The van der Waals surface area contributed by atoms with Crippen LogP contribution < -0.4 is 4.74 Å². The van der Waals surface area contributed by atoms with Crippen LogP contribution in [0.1, 0.15) is 12.0 Å². The van der Waals surface area contributed by atoms with Crippen molar-refractivity contribution in [1.82, 2.24) is 5.23 Å². The van der Waals surface area contributed by atoms with Gasteiger partial charge in [0.15, 0.2) is 9.84 Å². The van der Waals surface area contributed by atoms with Crippen molar-refractivity contribution in [2.24, 2.45) is 5.92 Å². The van der Waals surface area contributed by atoms with Gasteiger partial charge in [0, 0.05) is 17.2 Å². The molecular weight excluding hydrogens is 422 g/mol. The summed E-state index contributed by atoms with van der Waals surface area (Å²) in [6.07, 6.45) is 0.0668. The SMILES string of the molecule is O=C(C1COCCC1S(=O)(=O)c1ccc(OCc2ccccc2Cl)cc1)N(O)O. The minimum atomic E-state index is -3.91. The number of amides is 1. The van der Waals surface area contributed by atoms with Gasteiger partial charge in [0.2, 0.25) is 0 Å². The highest BCUT2D eigenvalue weighted by Crippen LogP contribution is 2.30. The molecule has 0 saturated carbocycles. The number of carbonyl (C=O) groups excluding carboxylic acids is 1. The summed E-state index contributed by atoms with van der Waals surface area (Å²) in [5.41, 5.74) is 0.798. The van der Waals surface area contributed by atoms with Crippen molar-refractivity contribution in [3.8, 4) is 5.75 Å². The summed E-state index contributed by atoms with van der Waals surface area (Å²) in [4.78, 5) is 11.9. The number of sulfone groups is 1. The standard InChI is InChI=1S/C19H20ClNO7S/c20-17-4-2-1-3-13(17)11-28-14-5-7-15(8-6-14)29(25,26)18-9-10-27-12-16(18)19(22)21(23)24/h1-8,16,18,23-24H,9-12H2. The van der Waals surface area contributed by atoms with Gasteiger partial charge in [-0.3, -0.25) is 15.2 Å². The van der Waals surface area contributed by atoms with Gasteiger partial charge in [-0.1, -0.05) is 35.0 Å². The van der Waals surface area contributed by atoms with E-state index in [0.29, 0.717) is 10.8 Å². The monoisotopic (exact) mass is 441 g/mol. The van der Waals surface area contributed by atoms with Crippen molar-refractivity contribution >= 4 is 27.3 Å². The van der Waals surface area contributed by atoms with Gasteiger partial charge in [-0.05, 0) is 36.8 Å². The first-order chi connectivity index (χ1) is 13.8. The second-order valence-electron chi connectivity index (χ2n) is 6.53. The average Bonchev–Trinajstić information content (AvgIpc) is 2.73. The van der Waals surface area contributed by atoms with Gasteiger partial charge in [0.05, 0.1) is 22.7 Å². The number of carbonyl (C=O) groups is 1. The molecule has 1 saturated heterocycles. The molecule has 2 aromatic carbocycles. The first-order valence-corrected chi connectivity index (χ1v) is 10.7. The van der Waals surface area contributed by atoms with Gasteiger partial charge in [-0.2, -0.15) is 0 Å². The van der Waals surface area contributed by atoms with Crippen molar-refractivity contribution in [1.29, 1.82) is 0 Å².